The van der Waals surface area contributed by atoms with E-state index in [-0.39, 0.29) is 5.82 Å². The number of rotatable bonds is 7. The molecular weight excluding hydrogens is 235 g/mol. The molecule has 0 aliphatic heterocycles. The summed E-state index contributed by atoms with van der Waals surface area (Å²) in [5.74, 6) is 2.88. The van der Waals surface area contributed by atoms with E-state index < -0.39 is 0 Å². The summed E-state index contributed by atoms with van der Waals surface area (Å²) in [6, 6.07) is 7.21. The van der Waals surface area contributed by atoms with Gasteiger partial charge in [0, 0.05) is 0 Å². The zero-order valence-corrected chi connectivity index (χ0v) is 12.5. The maximum absolute atomic E-state index is 13.4. The van der Waals surface area contributed by atoms with Crippen molar-refractivity contribution >= 4 is 0 Å². The summed E-state index contributed by atoms with van der Waals surface area (Å²) in [4.78, 5) is 0. The molecule has 106 valence electrons. The van der Waals surface area contributed by atoms with Crippen LogP contribution in [0.5, 0.6) is 0 Å². The first kappa shape index (κ1) is 14.6. The number of halogens is 1. The van der Waals surface area contributed by atoms with Crippen LogP contribution < -0.4 is 0 Å². The van der Waals surface area contributed by atoms with E-state index in [4.69, 9.17) is 0 Å². The fourth-order valence-electron chi connectivity index (χ4n) is 3.45. The monoisotopic (exact) mass is 262 g/mol. The summed E-state index contributed by atoms with van der Waals surface area (Å²) < 4.78 is 13.4. The Bertz CT molecular complexity index is 398. The molecule has 1 heteroatoms. The summed E-state index contributed by atoms with van der Waals surface area (Å²) in [5, 5.41) is 0. The molecule has 2 rings (SSSR count). The largest absolute Gasteiger partial charge is 0.207 e. The smallest absolute Gasteiger partial charge is 0.123 e. The van der Waals surface area contributed by atoms with E-state index in [0.717, 1.165) is 17.8 Å². The average molecular weight is 262 g/mol. The zero-order valence-electron chi connectivity index (χ0n) is 12.5. The van der Waals surface area contributed by atoms with Gasteiger partial charge < -0.3 is 0 Å². The van der Waals surface area contributed by atoms with Crippen LogP contribution in [0.15, 0.2) is 24.3 Å². The molecule has 1 saturated carbocycles. The molecule has 0 saturated heterocycles. The number of hydrogen-bond acceptors (Lipinski definition) is 0. The van der Waals surface area contributed by atoms with Crippen molar-refractivity contribution in [1.29, 1.82) is 0 Å². The van der Waals surface area contributed by atoms with Crippen molar-refractivity contribution < 1.29 is 4.39 Å². The van der Waals surface area contributed by atoms with Gasteiger partial charge in [0.15, 0.2) is 0 Å². The first-order valence-corrected chi connectivity index (χ1v) is 7.89. The van der Waals surface area contributed by atoms with Crippen molar-refractivity contribution in [2.45, 2.75) is 58.8 Å². The minimum atomic E-state index is -0.0968. The molecule has 0 bridgehead atoms. The van der Waals surface area contributed by atoms with Crippen LogP contribution in [-0.2, 0) is 0 Å². The quantitative estimate of drug-likeness (QED) is 0.546. The highest BCUT2D eigenvalue weighted by molar-refractivity contribution is 5.21. The van der Waals surface area contributed by atoms with Gasteiger partial charge >= 0.3 is 0 Å². The van der Waals surface area contributed by atoms with E-state index in [1.54, 1.807) is 12.1 Å². The highest BCUT2D eigenvalue weighted by Crippen LogP contribution is 2.50. The van der Waals surface area contributed by atoms with Crippen molar-refractivity contribution in [2.75, 3.05) is 0 Å². The lowest BCUT2D eigenvalue weighted by molar-refractivity contribution is 0.339. The van der Waals surface area contributed by atoms with Crippen molar-refractivity contribution in [3.63, 3.8) is 0 Å². The molecule has 1 fully saturated rings. The van der Waals surface area contributed by atoms with Crippen molar-refractivity contribution in [3.05, 3.63) is 35.6 Å². The molecule has 0 heterocycles. The minimum Gasteiger partial charge on any atom is -0.207 e. The summed E-state index contributed by atoms with van der Waals surface area (Å²) in [5.41, 5.74) is 1.18. The molecule has 4 atom stereocenters. The lowest BCUT2D eigenvalue weighted by Gasteiger charge is -2.25. The molecule has 0 amide bonds. The van der Waals surface area contributed by atoms with Crippen LogP contribution in [0, 0.1) is 23.6 Å². The van der Waals surface area contributed by atoms with Gasteiger partial charge in [0.2, 0.25) is 0 Å². The second-order valence-electron chi connectivity index (χ2n) is 6.38. The molecular formula is C18H27F. The third-order valence-electron chi connectivity index (χ3n) is 4.88. The Hall–Kier alpha value is -0.850. The van der Waals surface area contributed by atoms with Gasteiger partial charge in [0.25, 0.3) is 0 Å². The van der Waals surface area contributed by atoms with Gasteiger partial charge in [-0.3, -0.25) is 0 Å². The summed E-state index contributed by atoms with van der Waals surface area (Å²) >= 11 is 0. The van der Waals surface area contributed by atoms with Crippen LogP contribution in [0.3, 0.4) is 0 Å². The molecule has 0 nitrogen and oxygen atoms in total. The standard InChI is InChI=1S/C18H27F/c1-4-5-6-10-17(18-11-13(18)2)14(3)15-8-7-9-16(19)12-15/h7-9,12-14,17-18H,4-6,10-11H2,1-3H3. The fraction of sp³-hybridized carbons (Fsp3) is 0.667. The highest BCUT2D eigenvalue weighted by atomic mass is 19.1. The molecule has 0 radical (unpaired) electrons. The number of benzene rings is 1. The third kappa shape index (κ3) is 3.81. The predicted octanol–water partition coefficient (Wildman–Crippen LogP) is 5.78. The van der Waals surface area contributed by atoms with E-state index in [1.165, 1.54) is 37.7 Å². The normalized spacial score (nSPS) is 25.1. The molecule has 0 N–H and O–H groups in total. The van der Waals surface area contributed by atoms with Crippen LogP contribution in [-0.4, -0.2) is 0 Å². The van der Waals surface area contributed by atoms with E-state index in [9.17, 15) is 4.39 Å². The van der Waals surface area contributed by atoms with Gasteiger partial charge in [0.05, 0.1) is 0 Å². The Balaban J connectivity index is 2.04. The number of unbranched alkanes of at least 4 members (excludes halogenated alkanes) is 2. The van der Waals surface area contributed by atoms with Gasteiger partial charge in [0.1, 0.15) is 5.82 Å². The average Bonchev–Trinajstić information content (AvgIpc) is 3.11. The molecule has 0 aromatic heterocycles. The van der Waals surface area contributed by atoms with Gasteiger partial charge in [-0.1, -0.05) is 52.2 Å². The van der Waals surface area contributed by atoms with E-state index in [1.807, 2.05) is 6.07 Å². The van der Waals surface area contributed by atoms with Crippen LogP contribution in [0.4, 0.5) is 4.39 Å². The second kappa shape index (κ2) is 6.54. The third-order valence-corrected chi connectivity index (χ3v) is 4.88. The summed E-state index contributed by atoms with van der Waals surface area (Å²) in [6.45, 7) is 6.90. The molecule has 4 unspecified atom stereocenters. The first-order chi connectivity index (χ1) is 9.13. The van der Waals surface area contributed by atoms with Crippen molar-refractivity contribution in [1.82, 2.24) is 0 Å². The number of hydrogen-bond donors (Lipinski definition) is 0. The molecule has 1 aromatic rings. The molecule has 0 spiro atoms. The van der Waals surface area contributed by atoms with Gasteiger partial charge in [-0.2, -0.15) is 0 Å². The van der Waals surface area contributed by atoms with Crippen molar-refractivity contribution in [3.8, 4) is 0 Å². The topological polar surface area (TPSA) is 0 Å². The Morgan fingerprint density at radius 3 is 2.63 bits per heavy atom. The molecule has 1 aromatic carbocycles. The summed E-state index contributed by atoms with van der Waals surface area (Å²) in [7, 11) is 0. The van der Waals surface area contributed by atoms with Crippen molar-refractivity contribution in [2.24, 2.45) is 17.8 Å². The summed E-state index contributed by atoms with van der Waals surface area (Å²) in [6.07, 6.45) is 6.61. The highest BCUT2D eigenvalue weighted by Gasteiger charge is 2.41. The van der Waals surface area contributed by atoms with E-state index in [2.05, 4.69) is 26.8 Å². The predicted molar refractivity (Wildman–Crippen MR) is 79.7 cm³/mol. The lowest BCUT2D eigenvalue weighted by Crippen LogP contribution is -2.14. The maximum atomic E-state index is 13.4. The first-order valence-electron chi connectivity index (χ1n) is 7.89. The van der Waals surface area contributed by atoms with Crippen LogP contribution in [0.1, 0.15) is 64.4 Å². The van der Waals surface area contributed by atoms with Gasteiger partial charge in [-0.05, 0) is 54.2 Å². The molecule has 19 heavy (non-hydrogen) atoms. The molecule has 1 aliphatic rings. The second-order valence-corrected chi connectivity index (χ2v) is 6.38. The fourth-order valence-corrected chi connectivity index (χ4v) is 3.45. The molecule has 1 aliphatic carbocycles. The van der Waals surface area contributed by atoms with Crippen LogP contribution in [0.2, 0.25) is 0 Å². The van der Waals surface area contributed by atoms with E-state index in [0.29, 0.717) is 5.92 Å². The Labute approximate surface area is 117 Å². The van der Waals surface area contributed by atoms with Gasteiger partial charge in [-0.15, -0.1) is 0 Å². The maximum Gasteiger partial charge on any atom is 0.123 e. The zero-order chi connectivity index (χ0) is 13.8. The Kier molecular flexibility index (Phi) is 5.01. The van der Waals surface area contributed by atoms with Crippen LogP contribution in [0.25, 0.3) is 0 Å². The van der Waals surface area contributed by atoms with Crippen LogP contribution >= 0.6 is 0 Å². The Morgan fingerprint density at radius 1 is 1.32 bits per heavy atom. The minimum absolute atomic E-state index is 0.0968. The van der Waals surface area contributed by atoms with E-state index >= 15 is 0 Å². The van der Waals surface area contributed by atoms with Gasteiger partial charge in [-0.25, -0.2) is 4.39 Å². The SMILES string of the molecule is CCCCCC(C(C)c1cccc(F)c1)C1CC1C. The Morgan fingerprint density at radius 2 is 2.05 bits per heavy atom. The lowest BCUT2D eigenvalue weighted by atomic mass is 9.80.